The second-order valence-corrected chi connectivity index (χ2v) is 4.14. The number of urea groups is 1. The monoisotopic (exact) mass is 243 g/mol. The van der Waals surface area contributed by atoms with Gasteiger partial charge in [0.1, 0.15) is 0 Å². The molecule has 0 atom stereocenters. The molecule has 1 saturated heterocycles. The molecule has 1 rings (SSSR count). The van der Waals surface area contributed by atoms with E-state index in [1.54, 1.807) is 4.90 Å². The van der Waals surface area contributed by atoms with Crippen molar-refractivity contribution in [2.45, 2.75) is 19.8 Å². The molecular formula is C11H21N3O3. The topological polar surface area (TPSA) is 70.7 Å². The van der Waals surface area contributed by atoms with E-state index in [2.05, 4.69) is 15.4 Å². The van der Waals surface area contributed by atoms with Crippen LogP contribution in [0.2, 0.25) is 0 Å². The van der Waals surface area contributed by atoms with E-state index in [0.29, 0.717) is 32.1 Å². The quantitative estimate of drug-likeness (QED) is 0.769. The van der Waals surface area contributed by atoms with Crippen molar-refractivity contribution in [3.63, 3.8) is 0 Å². The highest BCUT2D eigenvalue weighted by Crippen LogP contribution is 2.16. The fourth-order valence-corrected chi connectivity index (χ4v) is 1.91. The van der Waals surface area contributed by atoms with E-state index in [9.17, 15) is 9.59 Å². The van der Waals surface area contributed by atoms with Gasteiger partial charge in [0.25, 0.3) is 0 Å². The molecule has 0 aromatic rings. The van der Waals surface area contributed by atoms with E-state index in [4.69, 9.17) is 0 Å². The molecule has 17 heavy (non-hydrogen) atoms. The lowest BCUT2D eigenvalue weighted by Gasteiger charge is -2.30. The van der Waals surface area contributed by atoms with Crippen molar-refractivity contribution in [2.75, 3.05) is 33.3 Å². The van der Waals surface area contributed by atoms with E-state index in [0.717, 1.165) is 12.8 Å². The zero-order valence-corrected chi connectivity index (χ0v) is 10.5. The number of hydrogen-bond donors (Lipinski definition) is 2. The van der Waals surface area contributed by atoms with Gasteiger partial charge in [0.2, 0.25) is 0 Å². The van der Waals surface area contributed by atoms with Crippen molar-refractivity contribution in [3.8, 4) is 0 Å². The van der Waals surface area contributed by atoms with Gasteiger partial charge in [-0.25, -0.2) is 9.59 Å². The lowest BCUT2D eigenvalue weighted by atomic mass is 9.97. The second kappa shape index (κ2) is 6.98. The van der Waals surface area contributed by atoms with Crippen LogP contribution in [0.1, 0.15) is 19.8 Å². The number of rotatable bonds is 3. The van der Waals surface area contributed by atoms with Crippen LogP contribution >= 0.6 is 0 Å². The number of likely N-dealkylation sites (tertiary alicyclic amines) is 1. The Morgan fingerprint density at radius 3 is 2.47 bits per heavy atom. The zero-order chi connectivity index (χ0) is 12.7. The predicted octanol–water partition coefficient (Wildman–Crippen LogP) is 0.784. The predicted molar refractivity (Wildman–Crippen MR) is 63.8 cm³/mol. The van der Waals surface area contributed by atoms with Crippen LogP contribution in [-0.2, 0) is 4.74 Å². The normalized spacial score (nSPS) is 16.5. The molecule has 0 radical (unpaired) electrons. The molecule has 1 aliphatic heterocycles. The molecule has 2 N–H and O–H groups in total. The number of carbonyl (C=O) groups excluding carboxylic acids is 2. The van der Waals surface area contributed by atoms with Gasteiger partial charge in [0, 0.05) is 26.2 Å². The number of nitrogens with zero attached hydrogens (tertiary/aromatic N) is 1. The fourth-order valence-electron chi connectivity index (χ4n) is 1.91. The summed E-state index contributed by atoms with van der Waals surface area (Å²) in [6.45, 7) is 4.59. The molecule has 1 heterocycles. The highest BCUT2D eigenvalue weighted by Gasteiger charge is 2.23. The molecule has 0 unspecified atom stereocenters. The lowest BCUT2D eigenvalue weighted by molar-refractivity contribution is 0.106. The van der Waals surface area contributed by atoms with Crippen LogP contribution in [0.3, 0.4) is 0 Å². The minimum atomic E-state index is -0.264. The van der Waals surface area contributed by atoms with Gasteiger partial charge in [-0.1, -0.05) is 0 Å². The Kier molecular flexibility index (Phi) is 5.59. The first-order valence-corrected chi connectivity index (χ1v) is 6.02. The largest absolute Gasteiger partial charge is 0.453 e. The number of amides is 3. The number of ether oxygens (including phenoxy) is 1. The minimum absolute atomic E-state index is 0.122. The highest BCUT2D eigenvalue weighted by atomic mass is 16.5. The number of methoxy groups -OCH3 is 1. The van der Waals surface area contributed by atoms with Gasteiger partial charge in [-0.3, -0.25) is 0 Å². The molecular weight excluding hydrogens is 222 g/mol. The number of carbonyl (C=O) groups is 2. The van der Waals surface area contributed by atoms with Crippen LogP contribution in [0.25, 0.3) is 0 Å². The summed E-state index contributed by atoms with van der Waals surface area (Å²) < 4.78 is 4.66. The third-order valence-electron chi connectivity index (χ3n) is 2.94. The standard InChI is InChI=1S/C11H21N3O3/c1-3-12-10(15)13-8-9-4-6-14(7-5-9)11(16)17-2/h9H,3-8H2,1-2H3,(H2,12,13,15). The van der Waals surface area contributed by atoms with Crippen molar-refractivity contribution in [1.29, 1.82) is 0 Å². The molecule has 1 fully saturated rings. The third kappa shape index (κ3) is 4.50. The van der Waals surface area contributed by atoms with Gasteiger partial charge in [-0.2, -0.15) is 0 Å². The van der Waals surface area contributed by atoms with Crippen molar-refractivity contribution in [2.24, 2.45) is 5.92 Å². The molecule has 3 amide bonds. The molecule has 6 heteroatoms. The van der Waals surface area contributed by atoms with E-state index >= 15 is 0 Å². The maximum atomic E-state index is 11.2. The first-order chi connectivity index (χ1) is 8.17. The van der Waals surface area contributed by atoms with Crippen LogP contribution in [0, 0.1) is 5.92 Å². The van der Waals surface area contributed by atoms with Crippen LogP contribution in [0.15, 0.2) is 0 Å². The molecule has 0 bridgehead atoms. The number of hydrogen-bond acceptors (Lipinski definition) is 3. The summed E-state index contributed by atoms with van der Waals surface area (Å²) in [5.41, 5.74) is 0. The Morgan fingerprint density at radius 1 is 1.29 bits per heavy atom. The maximum Gasteiger partial charge on any atom is 0.409 e. The van der Waals surface area contributed by atoms with Crippen molar-refractivity contribution in [1.82, 2.24) is 15.5 Å². The first kappa shape index (κ1) is 13.6. The molecule has 0 saturated carbocycles. The smallest absolute Gasteiger partial charge is 0.409 e. The molecule has 0 aromatic heterocycles. The summed E-state index contributed by atoms with van der Waals surface area (Å²) in [4.78, 5) is 24.1. The molecule has 1 aliphatic rings. The first-order valence-electron chi connectivity index (χ1n) is 6.02. The van der Waals surface area contributed by atoms with Gasteiger partial charge < -0.3 is 20.3 Å². The highest BCUT2D eigenvalue weighted by molar-refractivity contribution is 5.73. The van der Waals surface area contributed by atoms with Gasteiger partial charge in [0.15, 0.2) is 0 Å². The SMILES string of the molecule is CCNC(=O)NCC1CCN(C(=O)OC)CC1. The van der Waals surface area contributed by atoms with E-state index in [-0.39, 0.29) is 12.1 Å². The lowest BCUT2D eigenvalue weighted by Crippen LogP contribution is -2.43. The van der Waals surface area contributed by atoms with Crippen LogP contribution in [0.5, 0.6) is 0 Å². The third-order valence-corrected chi connectivity index (χ3v) is 2.94. The fraction of sp³-hybridized carbons (Fsp3) is 0.818. The van der Waals surface area contributed by atoms with Crippen molar-refractivity contribution in [3.05, 3.63) is 0 Å². The van der Waals surface area contributed by atoms with E-state index < -0.39 is 0 Å². The summed E-state index contributed by atoms with van der Waals surface area (Å²) in [5.74, 6) is 0.443. The van der Waals surface area contributed by atoms with Crippen LogP contribution in [-0.4, -0.2) is 50.3 Å². The van der Waals surface area contributed by atoms with Crippen LogP contribution < -0.4 is 10.6 Å². The Balaban J connectivity index is 2.19. The van der Waals surface area contributed by atoms with Gasteiger partial charge in [-0.05, 0) is 25.7 Å². The van der Waals surface area contributed by atoms with E-state index in [1.165, 1.54) is 7.11 Å². The van der Waals surface area contributed by atoms with Gasteiger partial charge >= 0.3 is 12.1 Å². The second-order valence-electron chi connectivity index (χ2n) is 4.14. The molecule has 0 aliphatic carbocycles. The summed E-state index contributed by atoms with van der Waals surface area (Å²) in [6, 6.07) is -0.122. The number of nitrogens with one attached hydrogen (secondary N) is 2. The summed E-state index contributed by atoms with van der Waals surface area (Å²) >= 11 is 0. The van der Waals surface area contributed by atoms with Gasteiger partial charge in [0.05, 0.1) is 7.11 Å². The summed E-state index contributed by atoms with van der Waals surface area (Å²) in [7, 11) is 1.39. The Labute approximate surface area is 102 Å². The van der Waals surface area contributed by atoms with Crippen molar-refractivity contribution >= 4 is 12.1 Å². The Hall–Kier alpha value is -1.46. The summed E-state index contributed by atoms with van der Waals surface area (Å²) in [6.07, 6.45) is 1.54. The van der Waals surface area contributed by atoms with Gasteiger partial charge in [-0.15, -0.1) is 0 Å². The van der Waals surface area contributed by atoms with E-state index in [1.807, 2.05) is 6.92 Å². The summed E-state index contributed by atoms with van der Waals surface area (Å²) in [5, 5.41) is 5.51. The average Bonchev–Trinajstić information content (AvgIpc) is 2.36. The van der Waals surface area contributed by atoms with Crippen LogP contribution in [0.4, 0.5) is 9.59 Å². The maximum absolute atomic E-state index is 11.2. The average molecular weight is 243 g/mol. The Bertz CT molecular complexity index is 263. The molecule has 6 nitrogen and oxygen atoms in total. The van der Waals surface area contributed by atoms with Crippen molar-refractivity contribution < 1.29 is 14.3 Å². The zero-order valence-electron chi connectivity index (χ0n) is 10.5. The minimum Gasteiger partial charge on any atom is -0.453 e. The molecule has 98 valence electrons. The Morgan fingerprint density at radius 2 is 1.94 bits per heavy atom. The molecule has 0 spiro atoms. The molecule has 0 aromatic carbocycles. The number of piperidine rings is 1.